The first-order chi connectivity index (χ1) is 10.1. The summed E-state index contributed by atoms with van der Waals surface area (Å²) in [5.41, 5.74) is 1.13. The van der Waals surface area contributed by atoms with Crippen molar-refractivity contribution in [2.24, 2.45) is 0 Å². The van der Waals surface area contributed by atoms with Crippen molar-refractivity contribution in [3.63, 3.8) is 0 Å². The van der Waals surface area contributed by atoms with E-state index in [1.807, 2.05) is 24.3 Å². The van der Waals surface area contributed by atoms with E-state index in [-0.39, 0.29) is 0 Å². The van der Waals surface area contributed by atoms with Gasteiger partial charge in [0.25, 0.3) is 0 Å². The Bertz CT molecular complexity index is 569. The lowest BCUT2D eigenvalue weighted by Gasteiger charge is -2.15. The molecule has 0 unspecified atom stereocenters. The molecule has 2 aromatic rings. The van der Waals surface area contributed by atoms with Crippen LogP contribution in [0.2, 0.25) is 0 Å². The summed E-state index contributed by atoms with van der Waals surface area (Å²) in [6.45, 7) is 2.89. The highest BCUT2D eigenvalue weighted by atomic mass is 79.9. The number of benzene rings is 1. The van der Waals surface area contributed by atoms with Gasteiger partial charge in [0.1, 0.15) is 5.76 Å². The molecule has 0 saturated carbocycles. The maximum Gasteiger partial charge on any atom is 0.174 e. The summed E-state index contributed by atoms with van der Waals surface area (Å²) in [6.07, 6.45) is 2.56. The molecule has 2 rings (SSSR count). The third-order valence-corrected chi connectivity index (χ3v) is 3.82. The third-order valence-electron chi connectivity index (χ3n) is 3.24. The van der Waals surface area contributed by atoms with E-state index in [4.69, 9.17) is 13.9 Å². The number of hydrogen-bond acceptors (Lipinski definition) is 4. The first kappa shape index (κ1) is 15.9. The van der Waals surface area contributed by atoms with E-state index < -0.39 is 0 Å². The van der Waals surface area contributed by atoms with Crippen LogP contribution in [0.4, 0.5) is 0 Å². The lowest BCUT2D eigenvalue weighted by molar-refractivity contribution is 0.352. The molecule has 0 aliphatic carbocycles. The van der Waals surface area contributed by atoms with Crippen molar-refractivity contribution in [1.82, 2.24) is 5.32 Å². The molecule has 114 valence electrons. The minimum atomic E-state index is 0.322. The number of methoxy groups -OCH3 is 2. The number of furan rings is 1. The molecule has 1 atom stereocenters. The average molecular weight is 354 g/mol. The van der Waals surface area contributed by atoms with Crippen LogP contribution in [-0.4, -0.2) is 20.3 Å². The summed E-state index contributed by atoms with van der Waals surface area (Å²) >= 11 is 3.51. The van der Waals surface area contributed by atoms with Crippen molar-refractivity contribution in [2.45, 2.75) is 25.9 Å². The van der Waals surface area contributed by atoms with E-state index in [0.29, 0.717) is 11.8 Å². The summed E-state index contributed by atoms with van der Waals surface area (Å²) in [5, 5.41) is 3.48. The molecule has 1 N–H and O–H groups in total. The summed E-state index contributed by atoms with van der Waals surface area (Å²) in [5.74, 6) is 2.43. The van der Waals surface area contributed by atoms with Crippen LogP contribution >= 0.6 is 15.9 Å². The Hall–Kier alpha value is -1.46. The molecule has 0 bridgehead atoms. The van der Waals surface area contributed by atoms with Crippen LogP contribution in [0.25, 0.3) is 0 Å². The predicted octanol–water partition coefficient (Wildman–Crippen LogP) is 3.78. The molecule has 1 aromatic heterocycles. The summed E-state index contributed by atoms with van der Waals surface area (Å²) in [7, 11) is 3.27. The van der Waals surface area contributed by atoms with Gasteiger partial charge in [0.15, 0.2) is 11.5 Å². The zero-order valence-electron chi connectivity index (χ0n) is 12.5. The Morgan fingerprint density at radius 2 is 2.10 bits per heavy atom. The van der Waals surface area contributed by atoms with E-state index in [1.165, 1.54) is 0 Å². The fraction of sp³-hybridized carbons (Fsp3) is 0.375. The van der Waals surface area contributed by atoms with Gasteiger partial charge in [0.2, 0.25) is 0 Å². The number of rotatable bonds is 7. The topological polar surface area (TPSA) is 43.6 Å². The van der Waals surface area contributed by atoms with E-state index in [9.17, 15) is 0 Å². The lowest BCUT2D eigenvalue weighted by Crippen LogP contribution is -2.27. The van der Waals surface area contributed by atoms with Gasteiger partial charge >= 0.3 is 0 Å². The van der Waals surface area contributed by atoms with Crippen LogP contribution < -0.4 is 14.8 Å². The van der Waals surface area contributed by atoms with Crippen LogP contribution in [0.3, 0.4) is 0 Å². The van der Waals surface area contributed by atoms with Gasteiger partial charge in [-0.3, -0.25) is 0 Å². The van der Waals surface area contributed by atoms with Crippen LogP contribution in [-0.2, 0) is 13.0 Å². The largest absolute Gasteiger partial charge is 0.493 e. The van der Waals surface area contributed by atoms with Gasteiger partial charge in [0.05, 0.1) is 25.0 Å². The van der Waals surface area contributed by atoms with E-state index in [2.05, 4.69) is 28.2 Å². The van der Waals surface area contributed by atoms with Crippen molar-refractivity contribution in [3.8, 4) is 11.5 Å². The highest BCUT2D eigenvalue weighted by Crippen LogP contribution is 2.36. The number of hydrogen-bond donors (Lipinski definition) is 1. The lowest BCUT2D eigenvalue weighted by atomic mass is 10.1. The molecule has 1 heterocycles. The van der Waals surface area contributed by atoms with Crippen molar-refractivity contribution in [2.75, 3.05) is 14.2 Å². The third kappa shape index (κ3) is 4.25. The van der Waals surface area contributed by atoms with E-state index in [1.54, 1.807) is 20.5 Å². The SMILES string of the molecule is COc1cc(CN[C@@H](C)Cc2ccco2)cc(Br)c1OC. The Morgan fingerprint density at radius 1 is 1.29 bits per heavy atom. The first-order valence-electron chi connectivity index (χ1n) is 6.80. The van der Waals surface area contributed by atoms with E-state index in [0.717, 1.165) is 34.5 Å². The minimum absolute atomic E-state index is 0.322. The first-order valence-corrected chi connectivity index (χ1v) is 7.59. The zero-order chi connectivity index (χ0) is 15.2. The van der Waals surface area contributed by atoms with E-state index >= 15 is 0 Å². The van der Waals surface area contributed by atoms with Crippen molar-refractivity contribution in [3.05, 3.63) is 46.3 Å². The van der Waals surface area contributed by atoms with Gasteiger partial charge in [-0.2, -0.15) is 0 Å². The molecular weight excluding hydrogens is 334 g/mol. The van der Waals surface area contributed by atoms with Crippen molar-refractivity contribution >= 4 is 15.9 Å². The second-order valence-corrected chi connectivity index (χ2v) is 5.73. The molecule has 5 heteroatoms. The number of ether oxygens (including phenoxy) is 2. The van der Waals surface area contributed by atoms with Crippen LogP contribution in [0.1, 0.15) is 18.2 Å². The molecule has 0 amide bonds. The normalized spacial score (nSPS) is 12.2. The summed E-state index contributed by atoms with van der Waals surface area (Å²) in [4.78, 5) is 0. The van der Waals surface area contributed by atoms with Crippen LogP contribution in [0.5, 0.6) is 11.5 Å². The number of halogens is 1. The van der Waals surface area contributed by atoms with Gasteiger partial charge in [-0.25, -0.2) is 0 Å². The van der Waals surface area contributed by atoms with Gasteiger partial charge < -0.3 is 19.2 Å². The highest BCUT2D eigenvalue weighted by Gasteiger charge is 2.11. The second-order valence-electron chi connectivity index (χ2n) is 4.88. The molecule has 1 aromatic carbocycles. The molecule has 0 radical (unpaired) electrons. The van der Waals surface area contributed by atoms with Crippen molar-refractivity contribution in [1.29, 1.82) is 0 Å². The van der Waals surface area contributed by atoms with Gasteiger partial charge in [-0.1, -0.05) is 0 Å². The highest BCUT2D eigenvalue weighted by molar-refractivity contribution is 9.10. The van der Waals surface area contributed by atoms with Crippen LogP contribution in [0.15, 0.2) is 39.4 Å². The Kier molecular flexibility index (Phi) is 5.70. The molecule has 0 aliphatic rings. The molecule has 0 spiro atoms. The smallest absolute Gasteiger partial charge is 0.174 e. The van der Waals surface area contributed by atoms with Gasteiger partial charge in [-0.15, -0.1) is 0 Å². The Morgan fingerprint density at radius 3 is 2.71 bits per heavy atom. The molecule has 4 nitrogen and oxygen atoms in total. The molecule has 0 saturated heterocycles. The summed E-state index contributed by atoms with van der Waals surface area (Å²) in [6, 6.07) is 8.24. The maximum absolute atomic E-state index is 5.36. The Balaban J connectivity index is 1.98. The monoisotopic (exact) mass is 353 g/mol. The quantitative estimate of drug-likeness (QED) is 0.822. The molecular formula is C16H20BrNO3. The standard InChI is InChI=1S/C16H20BrNO3/c1-11(7-13-5-4-6-21-13)18-10-12-8-14(17)16(20-3)15(9-12)19-2/h4-6,8-9,11,18H,7,10H2,1-3H3/t11-/m0/s1. The van der Waals surface area contributed by atoms with Gasteiger partial charge in [0, 0.05) is 19.0 Å². The zero-order valence-corrected chi connectivity index (χ0v) is 14.1. The summed E-state index contributed by atoms with van der Waals surface area (Å²) < 4.78 is 16.9. The predicted molar refractivity (Wildman–Crippen MR) is 86.0 cm³/mol. The second kappa shape index (κ2) is 7.52. The minimum Gasteiger partial charge on any atom is -0.493 e. The Labute approximate surface area is 133 Å². The fourth-order valence-corrected chi connectivity index (χ4v) is 2.82. The molecule has 0 fully saturated rings. The van der Waals surface area contributed by atoms with Crippen molar-refractivity contribution < 1.29 is 13.9 Å². The average Bonchev–Trinajstić information content (AvgIpc) is 2.97. The maximum atomic E-state index is 5.36. The van der Waals surface area contributed by atoms with Crippen LogP contribution in [0, 0.1) is 0 Å². The molecule has 0 aliphatic heterocycles. The fourth-order valence-electron chi connectivity index (χ4n) is 2.17. The number of nitrogens with one attached hydrogen (secondary N) is 1. The molecule has 21 heavy (non-hydrogen) atoms. The van der Waals surface area contributed by atoms with Gasteiger partial charge in [-0.05, 0) is 52.7 Å².